The summed E-state index contributed by atoms with van der Waals surface area (Å²) in [4.78, 5) is 12.1. The minimum atomic E-state index is -3.46. The van der Waals surface area contributed by atoms with Crippen LogP contribution in [0.5, 0.6) is 5.75 Å². The molecule has 1 fully saturated rings. The van der Waals surface area contributed by atoms with Gasteiger partial charge in [0.2, 0.25) is 15.9 Å². The van der Waals surface area contributed by atoms with Crippen molar-refractivity contribution >= 4 is 21.6 Å². The van der Waals surface area contributed by atoms with Gasteiger partial charge in [-0.2, -0.15) is 0 Å². The lowest BCUT2D eigenvalue weighted by atomic mass is 9.89. The molecule has 1 N–H and O–H groups in total. The lowest BCUT2D eigenvalue weighted by Gasteiger charge is -2.24. The number of rotatable bonds is 9. The highest BCUT2D eigenvalue weighted by atomic mass is 32.2. The Kier molecular flexibility index (Phi) is 7.75. The molecule has 0 heterocycles. The number of ether oxygens (including phenoxy) is 1. The van der Waals surface area contributed by atoms with Crippen molar-refractivity contribution in [2.75, 3.05) is 30.8 Å². The van der Waals surface area contributed by atoms with E-state index in [-0.39, 0.29) is 12.5 Å². The number of sulfonamides is 1. The maximum absolute atomic E-state index is 12.2. The Bertz CT molecular complexity index is 685. The maximum Gasteiger partial charge on any atom is 0.232 e. The zero-order chi connectivity index (χ0) is 19.0. The first-order valence-electron chi connectivity index (χ1n) is 9.29. The van der Waals surface area contributed by atoms with Crippen molar-refractivity contribution in [1.82, 2.24) is 5.32 Å². The Morgan fingerprint density at radius 3 is 2.58 bits per heavy atom. The second-order valence-corrected chi connectivity index (χ2v) is 8.83. The van der Waals surface area contributed by atoms with Gasteiger partial charge in [-0.15, -0.1) is 0 Å². The molecule has 1 amide bonds. The van der Waals surface area contributed by atoms with Gasteiger partial charge in [0, 0.05) is 19.5 Å². The monoisotopic (exact) mass is 382 g/mol. The number of anilines is 1. The number of nitrogens with one attached hydrogen (secondary N) is 1. The van der Waals surface area contributed by atoms with Gasteiger partial charge in [-0.05, 0) is 37.3 Å². The number of nitrogens with zero attached hydrogens (tertiary/aromatic N) is 1. The van der Waals surface area contributed by atoms with E-state index in [4.69, 9.17) is 4.74 Å². The molecule has 1 saturated carbocycles. The molecule has 0 atom stereocenters. The van der Waals surface area contributed by atoms with Crippen LogP contribution in [0.25, 0.3) is 0 Å². The second-order valence-electron chi connectivity index (χ2n) is 6.92. The largest absolute Gasteiger partial charge is 0.495 e. The van der Waals surface area contributed by atoms with E-state index in [1.807, 2.05) is 0 Å². The molecular weight excluding hydrogens is 352 g/mol. The molecule has 146 valence electrons. The molecule has 1 aromatic carbocycles. The van der Waals surface area contributed by atoms with Gasteiger partial charge in [0.25, 0.3) is 0 Å². The summed E-state index contributed by atoms with van der Waals surface area (Å²) in [7, 11) is -1.94. The van der Waals surface area contributed by atoms with Crippen molar-refractivity contribution in [2.24, 2.45) is 5.92 Å². The van der Waals surface area contributed by atoms with Crippen LogP contribution in [-0.2, 0) is 14.8 Å². The highest BCUT2D eigenvalue weighted by Gasteiger charge is 2.21. The van der Waals surface area contributed by atoms with Gasteiger partial charge in [-0.25, -0.2) is 8.42 Å². The predicted molar refractivity (Wildman–Crippen MR) is 104 cm³/mol. The van der Waals surface area contributed by atoms with E-state index >= 15 is 0 Å². The van der Waals surface area contributed by atoms with E-state index in [1.165, 1.54) is 49.8 Å². The first-order valence-corrected chi connectivity index (χ1v) is 11.1. The molecule has 1 aliphatic carbocycles. The van der Waals surface area contributed by atoms with Crippen LogP contribution in [0.15, 0.2) is 24.3 Å². The van der Waals surface area contributed by atoms with Gasteiger partial charge in [0.1, 0.15) is 5.75 Å². The molecule has 1 aliphatic rings. The molecule has 0 radical (unpaired) electrons. The van der Waals surface area contributed by atoms with Crippen LogP contribution in [0.1, 0.15) is 44.9 Å². The van der Waals surface area contributed by atoms with Gasteiger partial charge >= 0.3 is 0 Å². The zero-order valence-corrected chi connectivity index (χ0v) is 16.6. The summed E-state index contributed by atoms with van der Waals surface area (Å²) in [6, 6.07) is 7.00. The van der Waals surface area contributed by atoms with Crippen LogP contribution < -0.4 is 14.4 Å². The zero-order valence-electron chi connectivity index (χ0n) is 15.7. The third kappa shape index (κ3) is 6.20. The quantitative estimate of drug-likeness (QED) is 0.712. The molecule has 0 aromatic heterocycles. The molecule has 6 nitrogen and oxygen atoms in total. The highest BCUT2D eigenvalue weighted by molar-refractivity contribution is 7.92. The third-order valence-electron chi connectivity index (χ3n) is 4.83. The van der Waals surface area contributed by atoms with Crippen LogP contribution in [0, 0.1) is 5.92 Å². The molecule has 26 heavy (non-hydrogen) atoms. The topological polar surface area (TPSA) is 75.7 Å². The number of benzene rings is 1. The fourth-order valence-electron chi connectivity index (χ4n) is 3.42. The molecule has 0 spiro atoms. The summed E-state index contributed by atoms with van der Waals surface area (Å²) in [5.41, 5.74) is 0.500. The van der Waals surface area contributed by atoms with Crippen molar-refractivity contribution < 1.29 is 17.9 Å². The van der Waals surface area contributed by atoms with Gasteiger partial charge in [0.15, 0.2) is 0 Å². The maximum atomic E-state index is 12.2. The number of carbonyl (C=O) groups excluding carboxylic acids is 1. The van der Waals surface area contributed by atoms with E-state index in [2.05, 4.69) is 5.32 Å². The fourth-order valence-corrected chi connectivity index (χ4v) is 4.39. The first-order chi connectivity index (χ1) is 12.4. The van der Waals surface area contributed by atoms with Gasteiger partial charge in [-0.1, -0.05) is 31.4 Å². The van der Waals surface area contributed by atoms with E-state index in [0.717, 1.165) is 6.54 Å². The molecule has 0 bridgehead atoms. The minimum Gasteiger partial charge on any atom is -0.495 e. The minimum absolute atomic E-state index is 0.0101. The Morgan fingerprint density at radius 2 is 1.92 bits per heavy atom. The van der Waals surface area contributed by atoms with Crippen molar-refractivity contribution in [1.29, 1.82) is 0 Å². The number of methoxy groups -OCH3 is 1. The van der Waals surface area contributed by atoms with Crippen molar-refractivity contribution in [3.05, 3.63) is 24.3 Å². The summed E-state index contributed by atoms with van der Waals surface area (Å²) in [5.74, 6) is 1.08. The Labute approximate surface area is 157 Å². The standard InChI is InChI=1S/C19H30N2O4S/c1-25-18-12-7-6-11-17(18)21(26(2,23)24)14-8-13-19(22)20-15-16-9-4-3-5-10-16/h6-7,11-12,16H,3-5,8-10,13-15H2,1-2H3,(H,20,22). The second kappa shape index (κ2) is 9.80. The normalized spacial score (nSPS) is 15.5. The molecule has 0 saturated heterocycles. The van der Waals surface area contributed by atoms with Crippen molar-refractivity contribution in [2.45, 2.75) is 44.9 Å². The smallest absolute Gasteiger partial charge is 0.232 e. The van der Waals surface area contributed by atoms with Crippen molar-refractivity contribution in [3.8, 4) is 5.75 Å². The molecule has 0 unspecified atom stereocenters. The Hall–Kier alpha value is -1.76. The molecule has 7 heteroatoms. The third-order valence-corrected chi connectivity index (χ3v) is 6.01. The summed E-state index contributed by atoms with van der Waals surface area (Å²) in [6.07, 6.45) is 8.13. The average Bonchev–Trinajstić information content (AvgIpc) is 2.63. The highest BCUT2D eigenvalue weighted by Crippen LogP contribution is 2.29. The molecular formula is C19H30N2O4S. The summed E-state index contributed by atoms with van der Waals surface area (Å²) in [6.45, 7) is 0.983. The number of amides is 1. The number of hydrogen-bond acceptors (Lipinski definition) is 4. The van der Waals surface area contributed by atoms with E-state index in [9.17, 15) is 13.2 Å². The van der Waals surface area contributed by atoms with Crippen LogP contribution in [0.4, 0.5) is 5.69 Å². The lowest BCUT2D eigenvalue weighted by Crippen LogP contribution is -2.33. The van der Waals surface area contributed by atoms with Gasteiger partial charge in [-0.3, -0.25) is 9.10 Å². The van der Waals surface area contributed by atoms with Gasteiger partial charge in [0.05, 0.1) is 19.1 Å². The molecule has 2 rings (SSSR count). The van der Waals surface area contributed by atoms with Crippen LogP contribution in [0.3, 0.4) is 0 Å². The fraction of sp³-hybridized carbons (Fsp3) is 0.632. The molecule has 1 aromatic rings. The lowest BCUT2D eigenvalue weighted by molar-refractivity contribution is -0.121. The number of carbonyl (C=O) groups is 1. The summed E-state index contributed by atoms with van der Waals surface area (Å²) >= 11 is 0. The van der Waals surface area contributed by atoms with Gasteiger partial charge < -0.3 is 10.1 Å². The number of hydrogen-bond donors (Lipinski definition) is 1. The predicted octanol–water partition coefficient (Wildman–Crippen LogP) is 2.94. The van der Waals surface area contributed by atoms with Crippen LogP contribution >= 0.6 is 0 Å². The van der Waals surface area contributed by atoms with E-state index in [0.29, 0.717) is 30.2 Å². The van der Waals surface area contributed by atoms with E-state index in [1.54, 1.807) is 24.3 Å². The van der Waals surface area contributed by atoms with Crippen LogP contribution in [-0.4, -0.2) is 40.8 Å². The summed E-state index contributed by atoms with van der Waals surface area (Å²) in [5, 5.41) is 3.00. The Balaban J connectivity index is 1.86. The van der Waals surface area contributed by atoms with Crippen molar-refractivity contribution in [3.63, 3.8) is 0 Å². The van der Waals surface area contributed by atoms with E-state index < -0.39 is 10.0 Å². The van der Waals surface area contributed by atoms with Crippen LogP contribution in [0.2, 0.25) is 0 Å². The SMILES string of the molecule is COc1ccccc1N(CCCC(=O)NCC1CCCCC1)S(C)(=O)=O. The molecule has 0 aliphatic heterocycles. The number of para-hydroxylation sites is 2. The summed E-state index contributed by atoms with van der Waals surface area (Å²) < 4.78 is 30.9. The first kappa shape index (κ1) is 20.6. The average molecular weight is 383 g/mol. The Morgan fingerprint density at radius 1 is 1.23 bits per heavy atom.